The Balaban J connectivity index is 1.91. The van der Waals surface area contributed by atoms with Gasteiger partial charge in [0.2, 0.25) is 0 Å². The fraction of sp³-hybridized carbons (Fsp3) is 0.0476. The van der Waals surface area contributed by atoms with Crippen LogP contribution in [-0.2, 0) is 0 Å². The van der Waals surface area contributed by atoms with Crippen LogP contribution in [-0.4, -0.2) is 22.1 Å². The number of aromatic amines is 1. The lowest BCUT2D eigenvalue weighted by atomic mass is 10.0. The van der Waals surface area contributed by atoms with Crippen LogP contribution in [0.15, 0.2) is 73.2 Å². The van der Waals surface area contributed by atoms with E-state index in [2.05, 4.69) is 33.2 Å². The number of benzene rings is 1. The smallest absolute Gasteiger partial charge is 0.166 e. The average Bonchev–Trinajstić information content (AvgIpc) is 3.15. The van der Waals surface area contributed by atoms with Crippen LogP contribution < -0.4 is 10.5 Å². The minimum atomic E-state index is 0.375. The molecule has 0 saturated heterocycles. The predicted octanol–water partition coefficient (Wildman–Crippen LogP) is 4.40. The lowest BCUT2D eigenvalue weighted by Gasteiger charge is -2.08. The van der Waals surface area contributed by atoms with Crippen molar-refractivity contribution < 1.29 is 4.74 Å². The molecule has 5 nitrogen and oxygen atoms in total. The second-order valence-corrected chi connectivity index (χ2v) is 5.89. The molecule has 0 saturated carbocycles. The predicted molar refractivity (Wildman–Crippen MR) is 104 cm³/mol. The van der Waals surface area contributed by atoms with Crippen molar-refractivity contribution in [3.8, 4) is 39.4 Å². The molecule has 0 fully saturated rings. The summed E-state index contributed by atoms with van der Waals surface area (Å²) in [7, 11) is 1.59. The highest BCUT2D eigenvalue weighted by Crippen LogP contribution is 2.37. The average molecular weight is 342 g/mol. The van der Waals surface area contributed by atoms with Gasteiger partial charge in [-0.25, -0.2) is 4.98 Å². The third-order valence-electron chi connectivity index (χ3n) is 4.28. The first-order valence-corrected chi connectivity index (χ1v) is 8.25. The normalized spacial score (nSPS) is 10.7. The van der Waals surface area contributed by atoms with Gasteiger partial charge in [-0.3, -0.25) is 4.98 Å². The monoisotopic (exact) mass is 342 g/mol. The molecule has 0 aliphatic carbocycles. The highest BCUT2D eigenvalue weighted by atomic mass is 16.5. The number of nitrogens with two attached hydrogens (primary N) is 1. The van der Waals surface area contributed by atoms with Crippen molar-refractivity contribution in [1.82, 2.24) is 15.0 Å². The Morgan fingerprint density at radius 2 is 1.69 bits per heavy atom. The van der Waals surface area contributed by atoms with Gasteiger partial charge in [-0.15, -0.1) is 0 Å². The minimum absolute atomic E-state index is 0.375. The van der Waals surface area contributed by atoms with Crippen LogP contribution in [0.3, 0.4) is 0 Å². The van der Waals surface area contributed by atoms with Gasteiger partial charge in [-0.05, 0) is 29.8 Å². The molecule has 26 heavy (non-hydrogen) atoms. The number of nitrogen functional groups attached to an aromatic ring is 1. The Morgan fingerprint density at radius 1 is 0.923 bits per heavy atom. The topological polar surface area (TPSA) is 76.8 Å². The van der Waals surface area contributed by atoms with Crippen LogP contribution in [0, 0.1) is 0 Å². The number of H-pyrrole nitrogens is 1. The Kier molecular flexibility index (Phi) is 4.11. The summed E-state index contributed by atoms with van der Waals surface area (Å²) in [5, 5.41) is 0. The van der Waals surface area contributed by atoms with Crippen molar-refractivity contribution in [3.63, 3.8) is 0 Å². The molecule has 0 spiro atoms. The maximum absolute atomic E-state index is 5.87. The van der Waals surface area contributed by atoms with Crippen LogP contribution in [0.4, 0.5) is 5.82 Å². The van der Waals surface area contributed by atoms with E-state index >= 15 is 0 Å². The van der Waals surface area contributed by atoms with Gasteiger partial charge in [0, 0.05) is 41.0 Å². The molecule has 128 valence electrons. The molecule has 3 aromatic heterocycles. The zero-order chi connectivity index (χ0) is 17.9. The van der Waals surface area contributed by atoms with E-state index in [4.69, 9.17) is 10.5 Å². The van der Waals surface area contributed by atoms with Crippen LogP contribution in [0.1, 0.15) is 0 Å². The van der Waals surface area contributed by atoms with Crippen LogP contribution in [0.5, 0.6) is 5.75 Å². The Labute approximate surface area is 151 Å². The highest BCUT2D eigenvalue weighted by Gasteiger charge is 2.15. The quantitative estimate of drug-likeness (QED) is 0.576. The maximum atomic E-state index is 5.87. The summed E-state index contributed by atoms with van der Waals surface area (Å²) in [4.78, 5) is 11.9. The number of rotatable bonds is 4. The molecule has 0 amide bonds. The van der Waals surface area contributed by atoms with Gasteiger partial charge < -0.3 is 15.5 Å². The van der Waals surface area contributed by atoms with E-state index in [0.717, 1.165) is 33.6 Å². The van der Waals surface area contributed by atoms with Crippen molar-refractivity contribution in [3.05, 3.63) is 73.2 Å². The summed E-state index contributed by atoms with van der Waals surface area (Å²) in [6, 6.07) is 18.2. The number of methoxy groups -OCH3 is 1. The first-order chi connectivity index (χ1) is 12.8. The molecule has 0 atom stereocenters. The molecule has 0 aliphatic heterocycles. The van der Waals surface area contributed by atoms with Crippen molar-refractivity contribution in [2.45, 2.75) is 0 Å². The van der Waals surface area contributed by atoms with Crippen LogP contribution in [0.25, 0.3) is 33.6 Å². The number of anilines is 1. The minimum Gasteiger partial charge on any atom is -0.493 e. The lowest BCUT2D eigenvalue weighted by molar-refractivity contribution is 0.415. The molecule has 4 rings (SSSR count). The van der Waals surface area contributed by atoms with Crippen LogP contribution in [0.2, 0.25) is 0 Å². The second kappa shape index (κ2) is 6.72. The summed E-state index contributed by atoms with van der Waals surface area (Å²) in [5.74, 6) is 0.936. The van der Waals surface area contributed by atoms with Crippen molar-refractivity contribution in [2.75, 3.05) is 12.8 Å². The molecule has 4 aromatic rings. The van der Waals surface area contributed by atoms with Gasteiger partial charge in [0.15, 0.2) is 11.6 Å². The Hall–Kier alpha value is -3.60. The molecule has 0 aliphatic rings. The number of aromatic nitrogens is 3. The zero-order valence-corrected chi connectivity index (χ0v) is 14.3. The molecular formula is C21H18N4O. The largest absolute Gasteiger partial charge is 0.493 e. The molecule has 3 heterocycles. The lowest BCUT2D eigenvalue weighted by Crippen LogP contribution is -1.96. The van der Waals surface area contributed by atoms with Gasteiger partial charge in [0.1, 0.15) is 0 Å². The molecule has 0 radical (unpaired) electrons. The SMILES string of the molecule is COc1cc(-c2cc(-c3ccccc3)[nH]c2-c2ccncc2)cnc1N. The number of nitrogens with one attached hydrogen (secondary N) is 1. The number of ether oxygens (including phenoxy) is 1. The number of hydrogen-bond acceptors (Lipinski definition) is 4. The van der Waals surface area contributed by atoms with Crippen molar-refractivity contribution in [1.29, 1.82) is 0 Å². The maximum Gasteiger partial charge on any atom is 0.166 e. The van der Waals surface area contributed by atoms with E-state index < -0.39 is 0 Å². The number of pyridine rings is 2. The zero-order valence-electron chi connectivity index (χ0n) is 14.3. The summed E-state index contributed by atoms with van der Waals surface area (Å²) in [6.07, 6.45) is 5.33. The van der Waals surface area contributed by atoms with Crippen molar-refractivity contribution in [2.24, 2.45) is 0 Å². The summed E-state index contributed by atoms with van der Waals surface area (Å²) < 4.78 is 5.34. The summed E-state index contributed by atoms with van der Waals surface area (Å²) >= 11 is 0. The molecule has 1 aromatic carbocycles. The first-order valence-electron chi connectivity index (χ1n) is 8.25. The number of nitrogens with zero attached hydrogens (tertiary/aromatic N) is 2. The molecule has 3 N–H and O–H groups in total. The molecule has 0 bridgehead atoms. The Bertz CT molecular complexity index is 1030. The van der Waals surface area contributed by atoms with Crippen LogP contribution >= 0.6 is 0 Å². The van der Waals surface area contributed by atoms with Gasteiger partial charge in [0.25, 0.3) is 0 Å². The van der Waals surface area contributed by atoms with E-state index in [1.807, 2.05) is 36.4 Å². The number of hydrogen-bond donors (Lipinski definition) is 2. The second-order valence-electron chi connectivity index (χ2n) is 5.89. The fourth-order valence-electron chi connectivity index (χ4n) is 2.97. The summed E-state index contributed by atoms with van der Waals surface area (Å²) in [6.45, 7) is 0. The van der Waals surface area contributed by atoms with Gasteiger partial charge in [-0.1, -0.05) is 30.3 Å². The van der Waals surface area contributed by atoms with Gasteiger partial charge in [0.05, 0.1) is 12.8 Å². The third kappa shape index (κ3) is 2.91. The summed E-state index contributed by atoms with van der Waals surface area (Å²) in [5.41, 5.74) is 12.0. The Morgan fingerprint density at radius 3 is 2.42 bits per heavy atom. The van der Waals surface area contributed by atoms with E-state index in [1.54, 1.807) is 25.7 Å². The standard InChI is InChI=1S/C21H18N4O/c1-26-19-11-16(13-24-21(19)22)17-12-18(14-5-3-2-4-6-14)25-20(17)15-7-9-23-10-8-15/h2-13,25H,1H3,(H2,22,24). The van der Waals surface area contributed by atoms with E-state index in [0.29, 0.717) is 11.6 Å². The molecule has 5 heteroatoms. The van der Waals surface area contributed by atoms with E-state index in [1.165, 1.54) is 0 Å². The van der Waals surface area contributed by atoms with E-state index in [9.17, 15) is 0 Å². The van der Waals surface area contributed by atoms with Crippen molar-refractivity contribution >= 4 is 5.82 Å². The van der Waals surface area contributed by atoms with E-state index in [-0.39, 0.29) is 0 Å². The van der Waals surface area contributed by atoms with Gasteiger partial charge in [-0.2, -0.15) is 0 Å². The van der Waals surface area contributed by atoms with Gasteiger partial charge >= 0.3 is 0 Å². The molecular weight excluding hydrogens is 324 g/mol. The fourth-order valence-corrected chi connectivity index (χ4v) is 2.97. The molecule has 0 unspecified atom stereocenters. The highest BCUT2D eigenvalue weighted by molar-refractivity contribution is 5.86. The first kappa shape index (κ1) is 15.9. The third-order valence-corrected chi connectivity index (χ3v) is 4.28.